The predicted molar refractivity (Wildman–Crippen MR) is 118 cm³/mol. The number of ether oxygens (including phenoxy) is 2. The summed E-state index contributed by atoms with van der Waals surface area (Å²) in [4.78, 5) is 20.4. The molecular weight excluding hydrogens is 380 g/mol. The summed E-state index contributed by atoms with van der Waals surface area (Å²) in [6.45, 7) is 6.16. The quantitative estimate of drug-likeness (QED) is 0.389. The zero-order valence-corrected chi connectivity index (χ0v) is 18.2. The smallest absolute Gasteiger partial charge is 0.311 e. The summed E-state index contributed by atoms with van der Waals surface area (Å²) in [6.07, 6.45) is 10.3. The molecule has 0 fully saturated rings. The third-order valence-electron chi connectivity index (χ3n) is 4.97. The van der Waals surface area contributed by atoms with E-state index in [9.17, 15) is 9.90 Å². The molecule has 0 saturated heterocycles. The molecule has 6 nitrogen and oxygen atoms in total. The Kier molecular flexibility index (Phi) is 10.9. The maximum absolute atomic E-state index is 11.6. The molecule has 1 heterocycles. The van der Waals surface area contributed by atoms with Gasteiger partial charge in [0.2, 0.25) is 0 Å². The molecule has 0 amide bonds. The molecular formula is C24H34N2O4. The normalized spacial score (nSPS) is 11.9. The number of benzene rings is 1. The second kappa shape index (κ2) is 13.7. The Morgan fingerprint density at radius 3 is 2.23 bits per heavy atom. The van der Waals surface area contributed by atoms with E-state index in [2.05, 4.69) is 23.8 Å². The van der Waals surface area contributed by atoms with Crippen molar-refractivity contribution in [3.8, 4) is 17.1 Å². The average Bonchev–Trinajstić information content (AvgIpc) is 2.76. The van der Waals surface area contributed by atoms with Gasteiger partial charge in [0.15, 0.2) is 5.82 Å². The molecule has 1 N–H and O–H groups in total. The van der Waals surface area contributed by atoms with Gasteiger partial charge in [0.25, 0.3) is 0 Å². The van der Waals surface area contributed by atoms with Gasteiger partial charge in [-0.15, -0.1) is 0 Å². The van der Waals surface area contributed by atoms with Crippen LogP contribution in [-0.2, 0) is 9.53 Å². The highest BCUT2D eigenvalue weighted by atomic mass is 16.5. The first-order valence-corrected chi connectivity index (χ1v) is 11.0. The molecule has 0 radical (unpaired) electrons. The van der Waals surface area contributed by atoms with Gasteiger partial charge in [0.1, 0.15) is 12.4 Å². The van der Waals surface area contributed by atoms with Gasteiger partial charge in [0.05, 0.1) is 12.5 Å². The predicted octanol–water partition coefficient (Wildman–Crippen LogP) is 5.48. The van der Waals surface area contributed by atoms with Crippen molar-refractivity contribution in [3.05, 3.63) is 42.2 Å². The summed E-state index contributed by atoms with van der Waals surface area (Å²) in [6, 6.07) is 7.58. The van der Waals surface area contributed by atoms with Crippen molar-refractivity contribution in [2.24, 2.45) is 0 Å². The number of rotatable bonds is 15. The number of aliphatic carboxylic acids is 1. The van der Waals surface area contributed by atoms with Crippen LogP contribution in [-0.4, -0.2) is 40.9 Å². The van der Waals surface area contributed by atoms with Gasteiger partial charge in [-0.1, -0.05) is 46.0 Å². The molecule has 1 aromatic carbocycles. The average molecular weight is 415 g/mol. The summed E-state index contributed by atoms with van der Waals surface area (Å²) in [5, 5.41) is 9.51. The Morgan fingerprint density at radius 1 is 0.933 bits per heavy atom. The molecule has 0 bridgehead atoms. The van der Waals surface area contributed by atoms with Crippen LogP contribution in [0.4, 0.5) is 0 Å². The maximum Gasteiger partial charge on any atom is 0.311 e. The molecule has 0 aliphatic carbocycles. The molecule has 0 saturated carbocycles. The topological polar surface area (TPSA) is 81.5 Å². The largest absolute Gasteiger partial charge is 0.491 e. The van der Waals surface area contributed by atoms with Crippen molar-refractivity contribution in [3.63, 3.8) is 0 Å². The molecule has 1 atom stereocenters. The fourth-order valence-electron chi connectivity index (χ4n) is 3.17. The highest BCUT2D eigenvalue weighted by Gasteiger charge is 2.20. The van der Waals surface area contributed by atoms with Crippen LogP contribution in [0.15, 0.2) is 36.7 Å². The molecule has 2 rings (SSSR count). The van der Waals surface area contributed by atoms with E-state index in [4.69, 9.17) is 9.47 Å². The Balaban J connectivity index is 1.86. The lowest BCUT2D eigenvalue weighted by Gasteiger charge is -2.12. The maximum atomic E-state index is 11.6. The van der Waals surface area contributed by atoms with Crippen molar-refractivity contribution < 1.29 is 19.4 Å². The first-order chi connectivity index (χ1) is 14.7. The molecule has 0 aliphatic heterocycles. The number of carboxylic acid groups (broad SMARTS) is 1. The number of hydrogen-bond acceptors (Lipinski definition) is 5. The monoisotopic (exact) mass is 414 g/mol. The molecule has 30 heavy (non-hydrogen) atoms. The van der Waals surface area contributed by atoms with Gasteiger partial charge in [-0.05, 0) is 37.1 Å². The van der Waals surface area contributed by atoms with E-state index in [-0.39, 0.29) is 0 Å². The van der Waals surface area contributed by atoms with Crippen molar-refractivity contribution in [1.29, 1.82) is 0 Å². The zero-order valence-electron chi connectivity index (χ0n) is 18.2. The summed E-state index contributed by atoms with van der Waals surface area (Å²) in [5.74, 6) is -0.0273. The molecule has 2 aromatic rings. The van der Waals surface area contributed by atoms with Gasteiger partial charge < -0.3 is 14.6 Å². The summed E-state index contributed by atoms with van der Waals surface area (Å²) in [7, 11) is 0. The van der Waals surface area contributed by atoms with Crippen LogP contribution in [0.2, 0.25) is 0 Å². The highest BCUT2D eigenvalue weighted by Crippen LogP contribution is 2.24. The second-order valence-corrected chi connectivity index (χ2v) is 7.42. The van der Waals surface area contributed by atoms with Crippen LogP contribution in [0.25, 0.3) is 11.4 Å². The van der Waals surface area contributed by atoms with Crippen LogP contribution < -0.4 is 4.74 Å². The molecule has 1 aromatic heterocycles. The van der Waals surface area contributed by atoms with Crippen molar-refractivity contribution in [2.75, 3.05) is 19.8 Å². The van der Waals surface area contributed by atoms with Gasteiger partial charge in [-0.2, -0.15) is 0 Å². The lowest BCUT2D eigenvalue weighted by molar-refractivity contribution is -0.139. The molecule has 0 aliphatic rings. The van der Waals surface area contributed by atoms with Crippen LogP contribution in [0.3, 0.4) is 0 Å². The minimum absolute atomic E-state index is 0.519. The van der Waals surface area contributed by atoms with Crippen molar-refractivity contribution >= 4 is 5.97 Å². The van der Waals surface area contributed by atoms with E-state index in [1.54, 1.807) is 12.4 Å². The van der Waals surface area contributed by atoms with E-state index < -0.39 is 11.9 Å². The number of carbonyl (C=O) groups is 1. The summed E-state index contributed by atoms with van der Waals surface area (Å²) in [5.41, 5.74) is 1.52. The highest BCUT2D eigenvalue weighted by molar-refractivity contribution is 5.75. The molecule has 164 valence electrons. The third-order valence-corrected chi connectivity index (χ3v) is 4.97. The lowest BCUT2D eigenvalue weighted by atomic mass is 9.95. The van der Waals surface area contributed by atoms with Crippen LogP contribution in [0, 0.1) is 0 Å². The Hall–Kier alpha value is -2.47. The Morgan fingerprint density at radius 2 is 1.60 bits per heavy atom. The summed E-state index contributed by atoms with van der Waals surface area (Å²) >= 11 is 0. The fourth-order valence-corrected chi connectivity index (χ4v) is 3.17. The SMILES string of the molecule is CCCCCOCCOc1ccc(-c2ncc(C(CCCCC)C(=O)O)cn2)cc1. The van der Waals surface area contributed by atoms with Crippen molar-refractivity contribution in [2.45, 2.75) is 64.7 Å². The Bertz CT molecular complexity index is 732. The first-order valence-electron chi connectivity index (χ1n) is 11.0. The minimum Gasteiger partial charge on any atom is -0.491 e. The fraction of sp³-hybridized carbons (Fsp3) is 0.542. The van der Waals surface area contributed by atoms with Crippen LogP contribution in [0.5, 0.6) is 5.75 Å². The van der Waals surface area contributed by atoms with E-state index in [1.807, 2.05) is 24.3 Å². The van der Waals surface area contributed by atoms with Crippen LogP contribution >= 0.6 is 0 Å². The number of nitrogens with zero attached hydrogens (tertiary/aromatic N) is 2. The van der Waals surface area contributed by atoms with Gasteiger partial charge >= 0.3 is 5.97 Å². The minimum atomic E-state index is -0.821. The molecule has 6 heteroatoms. The Labute approximate surface area is 179 Å². The zero-order chi connectivity index (χ0) is 21.6. The third kappa shape index (κ3) is 8.11. The number of hydrogen-bond donors (Lipinski definition) is 1. The second-order valence-electron chi connectivity index (χ2n) is 7.42. The number of aromatic nitrogens is 2. The van der Waals surface area contributed by atoms with Crippen LogP contribution in [0.1, 0.15) is 70.3 Å². The summed E-state index contributed by atoms with van der Waals surface area (Å²) < 4.78 is 11.2. The molecule has 1 unspecified atom stereocenters. The van der Waals surface area contributed by atoms with Gasteiger partial charge in [0, 0.05) is 30.1 Å². The van der Waals surface area contributed by atoms with E-state index in [0.29, 0.717) is 31.0 Å². The van der Waals surface area contributed by atoms with E-state index >= 15 is 0 Å². The van der Waals surface area contributed by atoms with E-state index in [0.717, 1.165) is 43.6 Å². The number of unbranched alkanes of at least 4 members (excludes halogenated alkanes) is 4. The van der Waals surface area contributed by atoms with E-state index in [1.165, 1.54) is 12.8 Å². The number of carboxylic acids is 1. The van der Waals surface area contributed by atoms with Crippen molar-refractivity contribution in [1.82, 2.24) is 9.97 Å². The standard InChI is InChI=1S/C24H34N2O4/c1-3-5-7-9-22(24(27)28)20-17-25-23(26-18-20)19-10-12-21(13-11-19)30-16-15-29-14-8-6-4-2/h10-13,17-18,22H,3-9,14-16H2,1-2H3,(H,27,28). The van der Waals surface area contributed by atoms with Gasteiger partial charge in [-0.25, -0.2) is 9.97 Å². The lowest BCUT2D eigenvalue weighted by Crippen LogP contribution is -2.12. The van der Waals surface area contributed by atoms with Gasteiger partial charge in [-0.3, -0.25) is 4.79 Å². The molecule has 0 spiro atoms. The first kappa shape index (κ1) is 23.8.